The van der Waals surface area contributed by atoms with Gasteiger partial charge in [0.05, 0.1) is 37.8 Å². The Morgan fingerprint density at radius 3 is 2.29 bits per heavy atom. The molecule has 2 aromatic carbocycles. The van der Waals surface area contributed by atoms with Crippen LogP contribution in [0.25, 0.3) is 11.1 Å². The van der Waals surface area contributed by atoms with E-state index in [9.17, 15) is 4.79 Å². The molecular weight excluding hydrogens is 348 g/mol. The number of benzene rings is 2. The van der Waals surface area contributed by atoms with Crippen LogP contribution in [0.1, 0.15) is 11.1 Å². The van der Waals surface area contributed by atoms with Crippen molar-refractivity contribution in [2.75, 3.05) is 26.4 Å². The molecule has 28 heavy (non-hydrogen) atoms. The Balaban J connectivity index is 1.62. The van der Waals surface area contributed by atoms with Crippen LogP contribution in [0, 0.1) is 11.3 Å². The van der Waals surface area contributed by atoms with E-state index in [0.717, 1.165) is 27.8 Å². The number of carbonyl (C=O) groups is 1. The lowest BCUT2D eigenvalue weighted by Crippen LogP contribution is -2.35. The number of ether oxygens (including phenoxy) is 2. The van der Waals surface area contributed by atoms with Gasteiger partial charge in [0.15, 0.2) is 5.78 Å². The molecule has 2 aliphatic carbocycles. The summed E-state index contributed by atoms with van der Waals surface area (Å²) in [5, 5.41) is 0. The Labute approximate surface area is 164 Å². The first-order valence-electron chi connectivity index (χ1n) is 9.79. The fourth-order valence-corrected chi connectivity index (χ4v) is 5.42. The lowest BCUT2D eigenvalue weighted by molar-refractivity contribution is -0.116. The minimum Gasteiger partial charge on any atom is -0.376 e. The molecule has 1 spiro atoms. The first-order valence-corrected chi connectivity index (χ1v) is 9.79. The van der Waals surface area contributed by atoms with Crippen molar-refractivity contribution >= 4 is 16.9 Å². The first kappa shape index (κ1) is 16.2. The molecule has 6 rings (SSSR count). The quantitative estimate of drug-likeness (QED) is 0.801. The first-order chi connectivity index (χ1) is 13.8. The number of ketones is 1. The Hall–Kier alpha value is -2.75. The van der Waals surface area contributed by atoms with E-state index in [1.807, 2.05) is 48.5 Å². The van der Waals surface area contributed by atoms with Crippen molar-refractivity contribution in [1.29, 1.82) is 0 Å². The van der Waals surface area contributed by atoms with E-state index in [1.165, 1.54) is 11.1 Å². The molecule has 0 bridgehead atoms. The van der Waals surface area contributed by atoms with Crippen LogP contribution >= 0.6 is 0 Å². The number of fused-ring (bicyclic) bond motifs is 1. The summed E-state index contributed by atoms with van der Waals surface area (Å²) in [6.07, 6.45) is 2.29. The van der Waals surface area contributed by atoms with Crippen molar-refractivity contribution in [2.45, 2.75) is 0 Å². The maximum atomic E-state index is 13.9. The second kappa shape index (κ2) is 5.87. The minimum absolute atomic E-state index is 0.220. The van der Waals surface area contributed by atoms with Crippen LogP contribution in [-0.4, -0.2) is 32.2 Å². The van der Waals surface area contributed by atoms with Crippen LogP contribution in [0.2, 0.25) is 0 Å². The highest BCUT2D eigenvalue weighted by molar-refractivity contribution is 6.29. The monoisotopic (exact) mass is 368 g/mol. The predicted molar refractivity (Wildman–Crippen MR) is 107 cm³/mol. The van der Waals surface area contributed by atoms with Crippen molar-refractivity contribution in [2.24, 2.45) is 11.3 Å². The normalized spacial score (nSPS) is 28.4. The minimum atomic E-state index is -0.375. The molecule has 0 saturated carbocycles. The van der Waals surface area contributed by atoms with Crippen LogP contribution in [0.15, 0.2) is 83.5 Å². The number of hydrogen-bond acceptors (Lipinski definition) is 3. The molecule has 2 aliphatic heterocycles. The zero-order valence-electron chi connectivity index (χ0n) is 15.5. The smallest absolute Gasteiger partial charge is 0.172 e. The Bertz CT molecular complexity index is 1080. The lowest BCUT2D eigenvalue weighted by atomic mass is 9.64. The molecule has 0 unspecified atom stereocenters. The van der Waals surface area contributed by atoms with Gasteiger partial charge >= 0.3 is 0 Å². The summed E-state index contributed by atoms with van der Waals surface area (Å²) in [6.45, 7) is 2.27. The van der Waals surface area contributed by atoms with Gasteiger partial charge in [0, 0.05) is 5.57 Å². The van der Waals surface area contributed by atoms with E-state index in [2.05, 4.69) is 18.2 Å². The van der Waals surface area contributed by atoms with Gasteiger partial charge in [-0.15, -0.1) is 0 Å². The van der Waals surface area contributed by atoms with Gasteiger partial charge < -0.3 is 9.47 Å². The van der Waals surface area contributed by atoms with Gasteiger partial charge in [-0.1, -0.05) is 66.7 Å². The molecule has 3 heteroatoms. The standard InChI is InChI=1S/C25H20O3/c26-24-22(17-9-5-2-6-10-17)20-14-28-15-25(20)11-18-12-27-13-19(18)21(23(24)25)16-7-3-1-4-8-16/h1-11,23H,12-15H2/t23-,25-/m0/s1. The molecule has 2 saturated heterocycles. The predicted octanol–water partition coefficient (Wildman–Crippen LogP) is 4.08. The summed E-state index contributed by atoms with van der Waals surface area (Å²) in [5.74, 6) is -0.0129. The van der Waals surface area contributed by atoms with Gasteiger partial charge in [0.2, 0.25) is 0 Å². The fourth-order valence-electron chi connectivity index (χ4n) is 5.42. The molecule has 0 aromatic heterocycles. The number of hydrogen-bond donors (Lipinski definition) is 0. The zero-order chi connectivity index (χ0) is 18.7. The zero-order valence-corrected chi connectivity index (χ0v) is 15.5. The van der Waals surface area contributed by atoms with E-state index in [1.54, 1.807) is 0 Å². The van der Waals surface area contributed by atoms with E-state index in [0.29, 0.717) is 26.4 Å². The molecule has 2 heterocycles. The second-order valence-corrected chi connectivity index (χ2v) is 7.97. The third-order valence-electron chi connectivity index (χ3n) is 6.56. The Kier molecular flexibility index (Phi) is 3.40. The van der Waals surface area contributed by atoms with Crippen LogP contribution < -0.4 is 0 Å². The number of allylic oxidation sites excluding steroid dienone is 2. The van der Waals surface area contributed by atoms with E-state index in [4.69, 9.17) is 9.47 Å². The molecular formula is C25H20O3. The summed E-state index contributed by atoms with van der Waals surface area (Å²) < 4.78 is 11.8. The summed E-state index contributed by atoms with van der Waals surface area (Å²) in [6, 6.07) is 20.4. The number of carbonyl (C=O) groups excluding carboxylic acids is 1. The summed E-state index contributed by atoms with van der Waals surface area (Å²) in [4.78, 5) is 13.9. The highest BCUT2D eigenvalue weighted by Crippen LogP contribution is 2.61. The second-order valence-electron chi connectivity index (χ2n) is 7.97. The van der Waals surface area contributed by atoms with Crippen molar-refractivity contribution in [3.05, 3.63) is 94.6 Å². The van der Waals surface area contributed by atoms with Crippen LogP contribution in [-0.2, 0) is 14.3 Å². The summed E-state index contributed by atoms with van der Waals surface area (Å²) in [7, 11) is 0. The van der Waals surface area contributed by atoms with Crippen LogP contribution in [0.4, 0.5) is 0 Å². The number of rotatable bonds is 2. The molecule has 3 nitrogen and oxygen atoms in total. The molecule has 2 aromatic rings. The Morgan fingerprint density at radius 1 is 0.821 bits per heavy atom. The highest BCUT2D eigenvalue weighted by Gasteiger charge is 2.59. The van der Waals surface area contributed by atoms with Gasteiger partial charge in [0.1, 0.15) is 0 Å². The molecule has 4 aliphatic rings. The lowest BCUT2D eigenvalue weighted by Gasteiger charge is -2.36. The SMILES string of the molecule is O=C1C(c2ccccc2)=C2COC[C@@]23C=C2COCC2=C(c2ccccc2)[C@@H]13. The molecule has 138 valence electrons. The molecule has 0 amide bonds. The third kappa shape index (κ3) is 2.03. The molecule has 0 N–H and O–H groups in total. The topological polar surface area (TPSA) is 35.5 Å². The third-order valence-corrected chi connectivity index (χ3v) is 6.56. The summed E-state index contributed by atoms with van der Waals surface area (Å²) >= 11 is 0. The molecule has 2 atom stereocenters. The highest BCUT2D eigenvalue weighted by atomic mass is 16.5. The van der Waals surface area contributed by atoms with Gasteiger partial charge in [-0.2, -0.15) is 0 Å². The van der Waals surface area contributed by atoms with Gasteiger partial charge in [-0.25, -0.2) is 0 Å². The fraction of sp³-hybridized carbons (Fsp3) is 0.240. The van der Waals surface area contributed by atoms with E-state index >= 15 is 0 Å². The van der Waals surface area contributed by atoms with Crippen LogP contribution in [0.5, 0.6) is 0 Å². The number of Topliss-reactive ketones (excluding diaryl/α,β-unsaturated/α-hetero) is 1. The molecule has 2 fully saturated rings. The van der Waals surface area contributed by atoms with Crippen LogP contribution in [0.3, 0.4) is 0 Å². The average molecular weight is 368 g/mol. The van der Waals surface area contributed by atoms with Crippen molar-refractivity contribution in [3.8, 4) is 0 Å². The van der Waals surface area contributed by atoms with Gasteiger partial charge in [-0.3, -0.25) is 4.79 Å². The largest absolute Gasteiger partial charge is 0.376 e. The summed E-state index contributed by atoms with van der Waals surface area (Å²) in [5.41, 5.74) is 7.28. The van der Waals surface area contributed by atoms with Crippen molar-refractivity contribution in [3.63, 3.8) is 0 Å². The Morgan fingerprint density at radius 2 is 1.54 bits per heavy atom. The van der Waals surface area contributed by atoms with E-state index < -0.39 is 0 Å². The van der Waals surface area contributed by atoms with E-state index in [-0.39, 0.29) is 17.1 Å². The average Bonchev–Trinajstić information content (AvgIpc) is 3.41. The molecule has 0 radical (unpaired) electrons. The van der Waals surface area contributed by atoms with Gasteiger partial charge in [-0.05, 0) is 33.4 Å². The van der Waals surface area contributed by atoms with Gasteiger partial charge in [0.25, 0.3) is 0 Å². The van der Waals surface area contributed by atoms with Crippen molar-refractivity contribution in [1.82, 2.24) is 0 Å². The maximum Gasteiger partial charge on any atom is 0.172 e. The maximum absolute atomic E-state index is 13.9. The van der Waals surface area contributed by atoms with Crippen molar-refractivity contribution < 1.29 is 14.3 Å².